The SMILES string of the molecule is Cc1nc(N(c2ccc(-c3ccc(C4CCC(CC(=O)O)CC4)cc3)nc2)S(=O)O)cn1C. The van der Waals surface area contributed by atoms with Crippen molar-refractivity contribution in [3.05, 3.63) is 60.2 Å². The van der Waals surface area contributed by atoms with Crippen LogP contribution in [0.1, 0.15) is 49.4 Å². The van der Waals surface area contributed by atoms with Crippen molar-refractivity contribution in [2.75, 3.05) is 4.31 Å². The van der Waals surface area contributed by atoms with Crippen LogP contribution >= 0.6 is 0 Å². The van der Waals surface area contributed by atoms with Crippen LogP contribution in [0.5, 0.6) is 0 Å². The fourth-order valence-corrected chi connectivity index (χ4v) is 5.03. The molecule has 1 fully saturated rings. The van der Waals surface area contributed by atoms with Gasteiger partial charge in [-0.1, -0.05) is 24.3 Å². The summed E-state index contributed by atoms with van der Waals surface area (Å²) in [5.41, 5.74) is 3.50. The Morgan fingerprint density at radius 2 is 1.85 bits per heavy atom. The smallest absolute Gasteiger partial charge is 0.303 e. The topological polar surface area (TPSA) is 109 Å². The highest BCUT2D eigenvalue weighted by Crippen LogP contribution is 2.37. The molecule has 1 saturated carbocycles. The summed E-state index contributed by atoms with van der Waals surface area (Å²) in [6.07, 6.45) is 7.50. The standard InChI is InChI=1S/C24H28N4O4S/c1-16-26-23(15-27(16)2)28(33(31)32)21-11-12-22(25-14-21)20-9-7-19(8-10-20)18-5-3-17(4-6-18)13-24(29)30/h7-12,14-15,17-18H,3-6,13H2,1-2H3,(H,29,30)(H,31,32). The zero-order valence-electron chi connectivity index (χ0n) is 18.7. The van der Waals surface area contributed by atoms with Gasteiger partial charge in [0.2, 0.25) is 0 Å². The highest BCUT2D eigenvalue weighted by Gasteiger charge is 2.24. The van der Waals surface area contributed by atoms with E-state index in [0.717, 1.165) is 42.8 Å². The Hall–Kier alpha value is -3.04. The van der Waals surface area contributed by atoms with E-state index in [1.54, 1.807) is 23.0 Å². The molecule has 9 heteroatoms. The first-order chi connectivity index (χ1) is 15.8. The van der Waals surface area contributed by atoms with Gasteiger partial charge in [-0.05, 0) is 62.1 Å². The number of aryl methyl sites for hydroxylation is 2. The van der Waals surface area contributed by atoms with Gasteiger partial charge in [0.05, 0.1) is 17.6 Å². The quantitative estimate of drug-likeness (QED) is 0.482. The number of carboxylic acid groups (broad SMARTS) is 1. The minimum atomic E-state index is -2.28. The van der Waals surface area contributed by atoms with Gasteiger partial charge in [0, 0.05) is 25.2 Å². The number of hydrogen-bond donors (Lipinski definition) is 2. The summed E-state index contributed by atoms with van der Waals surface area (Å²) in [5, 5.41) is 8.99. The molecule has 0 saturated heterocycles. The maximum atomic E-state index is 12.0. The lowest BCUT2D eigenvalue weighted by Gasteiger charge is -2.28. The van der Waals surface area contributed by atoms with Crippen molar-refractivity contribution in [2.45, 2.75) is 44.9 Å². The molecule has 33 heavy (non-hydrogen) atoms. The van der Waals surface area contributed by atoms with Crippen LogP contribution in [0.2, 0.25) is 0 Å². The molecule has 2 heterocycles. The average Bonchev–Trinajstić information content (AvgIpc) is 3.12. The molecule has 0 radical (unpaired) electrons. The minimum Gasteiger partial charge on any atom is -0.481 e. The normalized spacial score (nSPS) is 19.2. The number of hydrogen-bond acceptors (Lipinski definition) is 4. The summed E-state index contributed by atoms with van der Waals surface area (Å²) in [6, 6.07) is 11.9. The first-order valence-electron chi connectivity index (χ1n) is 11.0. The van der Waals surface area contributed by atoms with Crippen molar-refractivity contribution >= 4 is 28.7 Å². The van der Waals surface area contributed by atoms with Crippen LogP contribution in [0, 0.1) is 12.8 Å². The molecule has 0 spiro atoms. The molecule has 1 aliphatic rings. The van der Waals surface area contributed by atoms with E-state index in [1.807, 2.05) is 32.2 Å². The van der Waals surface area contributed by atoms with Gasteiger partial charge < -0.3 is 9.67 Å². The van der Waals surface area contributed by atoms with E-state index in [2.05, 4.69) is 22.1 Å². The molecule has 0 bridgehead atoms. The van der Waals surface area contributed by atoms with E-state index in [-0.39, 0.29) is 6.42 Å². The van der Waals surface area contributed by atoms with E-state index in [1.165, 1.54) is 9.87 Å². The van der Waals surface area contributed by atoms with E-state index >= 15 is 0 Å². The van der Waals surface area contributed by atoms with Gasteiger partial charge in [0.1, 0.15) is 5.82 Å². The maximum absolute atomic E-state index is 12.0. The molecule has 1 unspecified atom stereocenters. The number of aromatic nitrogens is 3. The van der Waals surface area contributed by atoms with E-state index < -0.39 is 17.2 Å². The van der Waals surface area contributed by atoms with Crippen molar-refractivity contribution in [2.24, 2.45) is 13.0 Å². The van der Waals surface area contributed by atoms with Crippen molar-refractivity contribution in [1.29, 1.82) is 0 Å². The largest absolute Gasteiger partial charge is 0.481 e. The van der Waals surface area contributed by atoms with Crippen LogP contribution in [-0.4, -0.2) is 34.4 Å². The molecule has 174 valence electrons. The summed E-state index contributed by atoms with van der Waals surface area (Å²) >= 11 is -2.28. The van der Waals surface area contributed by atoms with Gasteiger partial charge in [0.15, 0.2) is 5.82 Å². The predicted octanol–water partition coefficient (Wildman–Crippen LogP) is 4.81. The summed E-state index contributed by atoms with van der Waals surface area (Å²) < 4.78 is 24.8. The zero-order chi connectivity index (χ0) is 23.5. The Balaban J connectivity index is 1.46. The molecule has 2 aromatic heterocycles. The van der Waals surface area contributed by atoms with E-state index in [4.69, 9.17) is 5.11 Å². The number of benzene rings is 1. The monoisotopic (exact) mass is 468 g/mol. The Labute approximate surface area is 195 Å². The lowest BCUT2D eigenvalue weighted by molar-refractivity contribution is -0.138. The van der Waals surface area contributed by atoms with Gasteiger partial charge in [-0.3, -0.25) is 14.3 Å². The van der Waals surface area contributed by atoms with Crippen LogP contribution < -0.4 is 4.31 Å². The van der Waals surface area contributed by atoms with E-state index in [0.29, 0.717) is 23.3 Å². The van der Waals surface area contributed by atoms with Crippen molar-refractivity contribution in [3.63, 3.8) is 0 Å². The lowest BCUT2D eigenvalue weighted by Crippen LogP contribution is -2.19. The number of anilines is 2. The Morgan fingerprint density at radius 1 is 1.15 bits per heavy atom. The first kappa shape index (κ1) is 23.1. The molecule has 1 atom stereocenters. The maximum Gasteiger partial charge on any atom is 0.303 e. The fourth-order valence-electron chi connectivity index (χ4n) is 4.49. The third-order valence-electron chi connectivity index (χ3n) is 6.43. The summed E-state index contributed by atoms with van der Waals surface area (Å²) in [6.45, 7) is 1.83. The van der Waals surface area contributed by atoms with Gasteiger partial charge in [-0.2, -0.15) is 0 Å². The molecule has 1 aromatic carbocycles. The van der Waals surface area contributed by atoms with Gasteiger partial charge in [-0.25, -0.2) is 13.5 Å². The Bertz CT molecular complexity index is 1120. The molecule has 0 aliphatic heterocycles. The molecule has 3 aromatic rings. The summed E-state index contributed by atoms with van der Waals surface area (Å²) in [4.78, 5) is 19.8. The number of carboxylic acids is 1. The first-order valence-corrected chi connectivity index (χ1v) is 12.1. The van der Waals surface area contributed by atoms with Gasteiger partial charge >= 0.3 is 5.97 Å². The summed E-state index contributed by atoms with van der Waals surface area (Å²) in [5.74, 6) is 1.18. The Kier molecular flexibility index (Phi) is 6.90. The number of nitrogens with zero attached hydrogens (tertiary/aromatic N) is 4. The molecular formula is C24H28N4O4S. The zero-order valence-corrected chi connectivity index (χ0v) is 19.5. The highest BCUT2D eigenvalue weighted by molar-refractivity contribution is 7.81. The molecule has 8 nitrogen and oxygen atoms in total. The third-order valence-corrected chi connectivity index (χ3v) is 7.14. The number of rotatable bonds is 7. The number of aliphatic carboxylic acids is 1. The van der Waals surface area contributed by atoms with Crippen molar-refractivity contribution in [3.8, 4) is 11.3 Å². The van der Waals surface area contributed by atoms with Crippen LogP contribution in [0.25, 0.3) is 11.3 Å². The highest BCUT2D eigenvalue weighted by atomic mass is 32.2. The van der Waals surface area contributed by atoms with Crippen LogP contribution in [-0.2, 0) is 23.1 Å². The third kappa shape index (κ3) is 5.31. The van der Waals surface area contributed by atoms with Crippen LogP contribution in [0.3, 0.4) is 0 Å². The second kappa shape index (κ2) is 9.84. The van der Waals surface area contributed by atoms with Crippen molar-refractivity contribution in [1.82, 2.24) is 14.5 Å². The second-order valence-corrected chi connectivity index (χ2v) is 9.45. The second-order valence-electron chi connectivity index (χ2n) is 8.62. The van der Waals surface area contributed by atoms with Crippen molar-refractivity contribution < 1.29 is 18.7 Å². The predicted molar refractivity (Wildman–Crippen MR) is 127 cm³/mol. The van der Waals surface area contributed by atoms with E-state index in [9.17, 15) is 13.6 Å². The molecule has 2 N–H and O–H groups in total. The van der Waals surface area contributed by atoms with Gasteiger partial charge in [-0.15, -0.1) is 0 Å². The summed E-state index contributed by atoms with van der Waals surface area (Å²) in [7, 11) is 1.83. The number of imidazole rings is 1. The Morgan fingerprint density at radius 3 is 2.36 bits per heavy atom. The average molecular weight is 469 g/mol. The van der Waals surface area contributed by atoms with Gasteiger partial charge in [0.25, 0.3) is 11.3 Å². The lowest BCUT2D eigenvalue weighted by atomic mass is 9.77. The molecule has 4 rings (SSSR count). The fraction of sp³-hybridized carbons (Fsp3) is 0.375. The van der Waals surface area contributed by atoms with Crippen LogP contribution in [0.15, 0.2) is 48.8 Å². The number of pyridine rings is 1. The number of carbonyl (C=O) groups is 1. The van der Waals surface area contributed by atoms with Crippen LogP contribution in [0.4, 0.5) is 11.5 Å². The minimum absolute atomic E-state index is 0.272. The molecule has 0 amide bonds. The molecule has 1 aliphatic carbocycles. The molecular weight excluding hydrogens is 440 g/mol.